The number of imide groups is 1. The standard InChI is InChI=1S/C16H19F3N4O3/c1-9(2)10-3-4-12(11(7-10)20-8-16(17,18)19)23(22-26)13-5-6-14(24)21-15(13)25/h3-4,7,9,13,20H,5-6,8H2,1-2H3,(H,21,24,25). The highest BCUT2D eigenvalue weighted by Crippen LogP contribution is 2.33. The van der Waals surface area contributed by atoms with Crippen molar-refractivity contribution < 1.29 is 22.8 Å². The number of benzene rings is 1. The molecule has 1 aromatic rings. The average Bonchev–Trinajstić information content (AvgIpc) is 2.55. The van der Waals surface area contributed by atoms with Crippen molar-refractivity contribution in [3.63, 3.8) is 0 Å². The number of hydrogen-bond acceptors (Lipinski definition) is 5. The maximum atomic E-state index is 12.6. The highest BCUT2D eigenvalue weighted by atomic mass is 19.4. The summed E-state index contributed by atoms with van der Waals surface area (Å²) in [7, 11) is 0. The van der Waals surface area contributed by atoms with E-state index in [-0.39, 0.29) is 30.1 Å². The second kappa shape index (κ2) is 7.71. The van der Waals surface area contributed by atoms with Crippen LogP contribution in [0.4, 0.5) is 24.5 Å². The Morgan fingerprint density at radius 2 is 2.04 bits per heavy atom. The van der Waals surface area contributed by atoms with Gasteiger partial charge in [0.25, 0.3) is 5.91 Å². The predicted octanol–water partition coefficient (Wildman–Crippen LogP) is 3.08. The topological polar surface area (TPSA) is 90.9 Å². The molecule has 0 radical (unpaired) electrons. The minimum atomic E-state index is -4.46. The summed E-state index contributed by atoms with van der Waals surface area (Å²) in [6, 6.07) is 3.53. The summed E-state index contributed by atoms with van der Waals surface area (Å²) in [5.41, 5.74) is 0.841. The molecule has 0 aromatic heterocycles. The molecule has 2 amide bonds. The minimum Gasteiger partial charge on any atom is -0.375 e. The second-order valence-electron chi connectivity index (χ2n) is 6.29. The van der Waals surface area contributed by atoms with Gasteiger partial charge in [0.15, 0.2) is 0 Å². The van der Waals surface area contributed by atoms with Gasteiger partial charge >= 0.3 is 6.18 Å². The monoisotopic (exact) mass is 372 g/mol. The van der Waals surface area contributed by atoms with Gasteiger partial charge in [0.1, 0.15) is 12.6 Å². The first-order valence-corrected chi connectivity index (χ1v) is 8.03. The molecule has 2 N–H and O–H groups in total. The molecule has 1 aliphatic heterocycles. The van der Waals surface area contributed by atoms with Crippen molar-refractivity contribution in [2.45, 2.75) is 44.8 Å². The lowest BCUT2D eigenvalue weighted by atomic mass is 10.0. The van der Waals surface area contributed by atoms with Gasteiger partial charge in [-0.2, -0.15) is 13.2 Å². The molecule has 0 spiro atoms. The first kappa shape index (κ1) is 19.7. The fourth-order valence-electron chi connectivity index (χ4n) is 2.63. The number of anilines is 2. The van der Waals surface area contributed by atoms with E-state index in [0.717, 1.165) is 10.6 Å². The molecule has 2 rings (SSSR count). The minimum absolute atomic E-state index is 0.0117. The van der Waals surface area contributed by atoms with E-state index in [1.165, 1.54) is 12.1 Å². The van der Waals surface area contributed by atoms with E-state index in [0.29, 0.717) is 0 Å². The van der Waals surface area contributed by atoms with Crippen molar-refractivity contribution >= 4 is 23.2 Å². The number of nitrogens with zero attached hydrogens (tertiary/aromatic N) is 2. The molecule has 1 heterocycles. The highest BCUT2D eigenvalue weighted by molar-refractivity contribution is 6.02. The zero-order valence-electron chi connectivity index (χ0n) is 14.3. The van der Waals surface area contributed by atoms with Crippen LogP contribution < -0.4 is 15.6 Å². The van der Waals surface area contributed by atoms with Crippen LogP contribution in [0.2, 0.25) is 0 Å². The van der Waals surface area contributed by atoms with Crippen molar-refractivity contribution in [2.24, 2.45) is 5.29 Å². The summed E-state index contributed by atoms with van der Waals surface area (Å²) in [5, 5.41) is 8.00. The van der Waals surface area contributed by atoms with Crippen molar-refractivity contribution in [3.8, 4) is 0 Å². The molecule has 0 aliphatic carbocycles. The van der Waals surface area contributed by atoms with E-state index in [4.69, 9.17) is 0 Å². The zero-order valence-corrected chi connectivity index (χ0v) is 14.3. The first-order chi connectivity index (χ1) is 12.1. The Bertz CT molecular complexity index is 706. The van der Waals surface area contributed by atoms with Crippen LogP contribution in [-0.2, 0) is 9.59 Å². The van der Waals surface area contributed by atoms with Gasteiger partial charge in [-0.15, -0.1) is 4.91 Å². The van der Waals surface area contributed by atoms with Crippen LogP contribution >= 0.6 is 0 Å². The normalized spacial score (nSPS) is 17.8. The summed E-state index contributed by atoms with van der Waals surface area (Å²) in [4.78, 5) is 34.6. The fourth-order valence-corrected chi connectivity index (χ4v) is 2.63. The first-order valence-electron chi connectivity index (χ1n) is 8.03. The molecule has 1 aliphatic rings. The number of halogens is 3. The van der Waals surface area contributed by atoms with Crippen molar-refractivity contribution in [1.82, 2.24) is 5.32 Å². The number of nitrogens with one attached hydrogen (secondary N) is 2. The molecular formula is C16H19F3N4O3. The number of nitroso groups, excluding NO2 is 1. The Morgan fingerprint density at radius 1 is 1.35 bits per heavy atom. The van der Waals surface area contributed by atoms with Gasteiger partial charge < -0.3 is 5.32 Å². The Labute approximate surface area is 147 Å². The van der Waals surface area contributed by atoms with Gasteiger partial charge in [0.05, 0.1) is 16.7 Å². The maximum absolute atomic E-state index is 12.6. The third-order valence-corrected chi connectivity index (χ3v) is 4.01. The summed E-state index contributed by atoms with van der Waals surface area (Å²) in [5.74, 6) is -1.14. The van der Waals surface area contributed by atoms with E-state index in [1.54, 1.807) is 6.07 Å². The lowest BCUT2D eigenvalue weighted by Crippen LogP contribution is -2.51. The SMILES string of the molecule is CC(C)c1ccc(N(N=O)C2CCC(=O)NC2=O)c(NCC(F)(F)F)c1. The Morgan fingerprint density at radius 3 is 2.58 bits per heavy atom. The maximum Gasteiger partial charge on any atom is 0.405 e. The van der Waals surface area contributed by atoms with Gasteiger partial charge in [-0.3, -0.25) is 14.9 Å². The van der Waals surface area contributed by atoms with E-state index < -0.39 is 30.6 Å². The lowest BCUT2D eigenvalue weighted by Gasteiger charge is -2.30. The fraction of sp³-hybridized carbons (Fsp3) is 0.500. The van der Waals surface area contributed by atoms with Crippen LogP contribution in [-0.4, -0.2) is 30.6 Å². The summed E-state index contributed by atoms with van der Waals surface area (Å²) >= 11 is 0. The Hall–Kier alpha value is -2.65. The molecule has 0 bridgehead atoms. The smallest absolute Gasteiger partial charge is 0.375 e. The van der Waals surface area contributed by atoms with Crippen molar-refractivity contribution in [3.05, 3.63) is 28.7 Å². The van der Waals surface area contributed by atoms with Crippen molar-refractivity contribution in [2.75, 3.05) is 16.9 Å². The summed E-state index contributed by atoms with van der Waals surface area (Å²) in [6.45, 7) is 2.44. The van der Waals surface area contributed by atoms with Gasteiger partial charge in [-0.1, -0.05) is 19.9 Å². The summed E-state index contributed by atoms with van der Waals surface area (Å²) < 4.78 is 37.8. The Kier molecular flexibility index (Phi) is 5.83. The largest absolute Gasteiger partial charge is 0.405 e. The lowest BCUT2D eigenvalue weighted by molar-refractivity contribution is -0.134. The predicted molar refractivity (Wildman–Crippen MR) is 89.5 cm³/mol. The number of hydrogen-bond donors (Lipinski definition) is 2. The van der Waals surface area contributed by atoms with Crippen LogP contribution in [0.5, 0.6) is 0 Å². The summed E-state index contributed by atoms with van der Waals surface area (Å²) in [6.07, 6.45) is -4.40. The number of carbonyl (C=O) groups excluding carboxylic acids is 2. The highest BCUT2D eigenvalue weighted by Gasteiger charge is 2.35. The van der Waals surface area contributed by atoms with Gasteiger partial charge in [0.2, 0.25) is 5.91 Å². The number of carbonyl (C=O) groups is 2. The molecule has 7 nitrogen and oxygen atoms in total. The molecular weight excluding hydrogens is 353 g/mol. The molecule has 10 heteroatoms. The van der Waals surface area contributed by atoms with Gasteiger partial charge in [0, 0.05) is 6.42 Å². The van der Waals surface area contributed by atoms with Crippen LogP contribution in [0.15, 0.2) is 23.5 Å². The molecule has 1 unspecified atom stereocenters. The second-order valence-corrected chi connectivity index (χ2v) is 6.29. The van der Waals surface area contributed by atoms with E-state index in [2.05, 4.69) is 15.9 Å². The van der Waals surface area contributed by atoms with E-state index in [9.17, 15) is 27.7 Å². The van der Waals surface area contributed by atoms with Crippen LogP contribution in [0.3, 0.4) is 0 Å². The van der Waals surface area contributed by atoms with E-state index in [1.807, 2.05) is 13.8 Å². The average molecular weight is 372 g/mol. The number of piperidine rings is 1. The van der Waals surface area contributed by atoms with Gasteiger partial charge in [-0.05, 0) is 30.0 Å². The molecule has 26 heavy (non-hydrogen) atoms. The van der Waals surface area contributed by atoms with Crippen LogP contribution in [0, 0.1) is 4.91 Å². The zero-order chi connectivity index (χ0) is 19.5. The quantitative estimate of drug-likeness (QED) is 0.455. The molecule has 0 saturated carbocycles. The van der Waals surface area contributed by atoms with Crippen LogP contribution in [0.25, 0.3) is 0 Å². The number of alkyl halides is 3. The molecule has 142 valence electrons. The third kappa shape index (κ3) is 4.70. The van der Waals surface area contributed by atoms with Gasteiger partial charge in [-0.25, -0.2) is 5.01 Å². The molecule has 1 fully saturated rings. The Balaban J connectivity index is 2.39. The molecule has 1 atom stereocenters. The number of rotatable bonds is 6. The molecule has 1 saturated heterocycles. The van der Waals surface area contributed by atoms with Crippen LogP contribution in [0.1, 0.15) is 38.2 Å². The third-order valence-electron chi connectivity index (χ3n) is 4.01. The van der Waals surface area contributed by atoms with E-state index >= 15 is 0 Å². The number of amides is 2. The van der Waals surface area contributed by atoms with Crippen molar-refractivity contribution in [1.29, 1.82) is 0 Å². The molecule has 1 aromatic carbocycles.